The van der Waals surface area contributed by atoms with Gasteiger partial charge >= 0.3 is 0 Å². The average Bonchev–Trinajstić information content (AvgIpc) is 2.88. The number of fused-ring (bicyclic) bond motifs is 1. The van der Waals surface area contributed by atoms with Gasteiger partial charge in [0.1, 0.15) is 5.75 Å². The number of halogens is 2. The molecule has 0 fully saturated rings. The fourth-order valence-electron chi connectivity index (χ4n) is 1.91. The third-order valence-corrected chi connectivity index (χ3v) is 3.90. The number of rotatable bonds is 4. The normalized spacial score (nSPS) is 11.0. The standard InChI is InChI=1S/C15H10F2N2O2S/c16-10-5-12-13(6-11(10)17)19-15(18-12)22-7-14(21)8-1-3-9(20)4-2-8/h1-6,20H,7H2,(H,18,19). The van der Waals surface area contributed by atoms with Gasteiger partial charge in [-0.05, 0) is 24.3 Å². The first-order chi connectivity index (χ1) is 10.5. The molecule has 0 unspecified atom stereocenters. The van der Waals surface area contributed by atoms with E-state index in [1.807, 2.05) is 0 Å². The van der Waals surface area contributed by atoms with Gasteiger partial charge in [0.25, 0.3) is 0 Å². The van der Waals surface area contributed by atoms with E-state index in [9.17, 15) is 18.7 Å². The highest BCUT2D eigenvalue weighted by Gasteiger charge is 2.11. The molecule has 4 nitrogen and oxygen atoms in total. The van der Waals surface area contributed by atoms with Crippen molar-refractivity contribution in [2.45, 2.75) is 5.16 Å². The van der Waals surface area contributed by atoms with Crippen LogP contribution in [0.25, 0.3) is 11.0 Å². The SMILES string of the molecule is O=C(CSc1nc2cc(F)c(F)cc2[nH]1)c1ccc(O)cc1. The van der Waals surface area contributed by atoms with Crippen LogP contribution in [0, 0.1) is 11.6 Å². The van der Waals surface area contributed by atoms with E-state index in [1.165, 1.54) is 24.3 Å². The summed E-state index contributed by atoms with van der Waals surface area (Å²) in [6.45, 7) is 0. The van der Waals surface area contributed by atoms with E-state index in [1.54, 1.807) is 0 Å². The predicted molar refractivity (Wildman–Crippen MR) is 79.2 cm³/mol. The lowest BCUT2D eigenvalue weighted by Crippen LogP contribution is -2.02. The Kier molecular flexibility index (Phi) is 3.81. The third kappa shape index (κ3) is 2.94. The van der Waals surface area contributed by atoms with Gasteiger partial charge in [-0.2, -0.15) is 0 Å². The van der Waals surface area contributed by atoms with Crippen molar-refractivity contribution < 1.29 is 18.7 Å². The summed E-state index contributed by atoms with van der Waals surface area (Å²) in [5, 5.41) is 9.59. The highest BCUT2D eigenvalue weighted by Crippen LogP contribution is 2.22. The molecule has 0 spiro atoms. The topological polar surface area (TPSA) is 66.0 Å². The number of benzene rings is 2. The molecule has 3 aromatic rings. The Hall–Kier alpha value is -2.41. The second kappa shape index (κ2) is 5.76. The molecule has 2 N–H and O–H groups in total. The van der Waals surface area contributed by atoms with Crippen LogP contribution in [0.3, 0.4) is 0 Å². The summed E-state index contributed by atoms with van der Waals surface area (Å²) in [6.07, 6.45) is 0. The Morgan fingerprint density at radius 3 is 2.59 bits per heavy atom. The third-order valence-electron chi connectivity index (χ3n) is 3.03. The molecule has 0 saturated carbocycles. The van der Waals surface area contributed by atoms with Gasteiger partial charge < -0.3 is 10.1 Å². The molecule has 22 heavy (non-hydrogen) atoms. The summed E-state index contributed by atoms with van der Waals surface area (Å²) in [4.78, 5) is 18.9. The number of carbonyl (C=O) groups excluding carboxylic acids is 1. The number of thioether (sulfide) groups is 1. The number of nitrogens with zero attached hydrogens (tertiary/aromatic N) is 1. The van der Waals surface area contributed by atoms with Gasteiger partial charge in [-0.15, -0.1) is 0 Å². The van der Waals surface area contributed by atoms with Gasteiger partial charge in [0.2, 0.25) is 0 Å². The molecule has 1 aromatic heterocycles. The van der Waals surface area contributed by atoms with Gasteiger partial charge in [-0.1, -0.05) is 11.8 Å². The van der Waals surface area contributed by atoms with Crippen molar-refractivity contribution in [3.63, 3.8) is 0 Å². The predicted octanol–water partition coefficient (Wildman–Crippen LogP) is 3.52. The highest BCUT2D eigenvalue weighted by molar-refractivity contribution is 7.99. The zero-order valence-electron chi connectivity index (χ0n) is 11.1. The minimum atomic E-state index is -0.962. The van der Waals surface area contributed by atoms with Crippen LogP contribution in [0.4, 0.5) is 8.78 Å². The molecular formula is C15H10F2N2O2S. The molecular weight excluding hydrogens is 310 g/mol. The molecule has 0 atom stereocenters. The number of imidazole rings is 1. The van der Waals surface area contributed by atoms with E-state index in [-0.39, 0.29) is 17.3 Å². The Morgan fingerprint density at radius 2 is 1.86 bits per heavy atom. The number of ketones is 1. The van der Waals surface area contributed by atoms with Gasteiger partial charge in [0.15, 0.2) is 22.6 Å². The first-order valence-corrected chi connectivity index (χ1v) is 7.31. The summed E-state index contributed by atoms with van der Waals surface area (Å²) in [6, 6.07) is 7.97. The Bertz CT molecular complexity index is 808. The quantitative estimate of drug-likeness (QED) is 0.570. The van der Waals surface area contributed by atoms with E-state index in [4.69, 9.17) is 0 Å². The Balaban J connectivity index is 1.73. The molecule has 0 aliphatic rings. The van der Waals surface area contributed by atoms with Gasteiger partial charge in [-0.3, -0.25) is 4.79 Å². The lowest BCUT2D eigenvalue weighted by molar-refractivity contribution is 0.102. The van der Waals surface area contributed by atoms with E-state index >= 15 is 0 Å². The van der Waals surface area contributed by atoms with Crippen LogP contribution in [-0.2, 0) is 0 Å². The molecule has 2 aromatic carbocycles. The average molecular weight is 320 g/mol. The van der Waals surface area contributed by atoms with Gasteiger partial charge in [-0.25, -0.2) is 13.8 Å². The number of aromatic amines is 1. The van der Waals surface area contributed by atoms with Crippen LogP contribution in [0.2, 0.25) is 0 Å². The number of carbonyl (C=O) groups is 1. The van der Waals surface area contributed by atoms with Crippen LogP contribution in [-0.4, -0.2) is 26.6 Å². The number of hydrogen-bond donors (Lipinski definition) is 2. The number of nitrogens with one attached hydrogen (secondary N) is 1. The van der Waals surface area contributed by atoms with Crippen LogP contribution in [0.1, 0.15) is 10.4 Å². The Morgan fingerprint density at radius 1 is 1.18 bits per heavy atom. The molecule has 3 rings (SSSR count). The number of aromatic hydroxyl groups is 1. The molecule has 0 saturated heterocycles. The smallest absolute Gasteiger partial charge is 0.173 e. The molecule has 0 aliphatic carbocycles. The number of phenols is 1. The molecule has 112 valence electrons. The fraction of sp³-hybridized carbons (Fsp3) is 0.0667. The summed E-state index contributed by atoms with van der Waals surface area (Å²) < 4.78 is 26.2. The zero-order chi connectivity index (χ0) is 15.7. The molecule has 1 heterocycles. The van der Waals surface area contributed by atoms with Crippen molar-refractivity contribution in [3.8, 4) is 5.75 Å². The maximum Gasteiger partial charge on any atom is 0.173 e. The van der Waals surface area contributed by atoms with Gasteiger partial charge in [0, 0.05) is 17.7 Å². The van der Waals surface area contributed by atoms with Crippen LogP contribution in [0.5, 0.6) is 5.75 Å². The molecule has 0 radical (unpaired) electrons. The van der Waals surface area contributed by atoms with Crippen molar-refractivity contribution >= 4 is 28.6 Å². The van der Waals surface area contributed by atoms with Crippen molar-refractivity contribution in [2.75, 3.05) is 5.75 Å². The van der Waals surface area contributed by atoms with Crippen LogP contribution < -0.4 is 0 Å². The zero-order valence-corrected chi connectivity index (χ0v) is 12.0. The van der Waals surface area contributed by atoms with Gasteiger partial charge in [0.05, 0.1) is 16.8 Å². The number of hydrogen-bond acceptors (Lipinski definition) is 4. The molecule has 0 bridgehead atoms. The van der Waals surface area contributed by atoms with E-state index in [0.717, 1.165) is 23.9 Å². The maximum atomic E-state index is 13.1. The summed E-state index contributed by atoms with van der Waals surface area (Å²) in [5.41, 5.74) is 1.15. The van der Waals surface area contributed by atoms with E-state index < -0.39 is 11.6 Å². The number of H-pyrrole nitrogens is 1. The van der Waals surface area contributed by atoms with Crippen LogP contribution >= 0.6 is 11.8 Å². The Labute approximate surface area is 128 Å². The van der Waals surface area contributed by atoms with Crippen molar-refractivity contribution in [1.82, 2.24) is 9.97 Å². The molecule has 0 aliphatic heterocycles. The minimum absolute atomic E-state index is 0.0885. The van der Waals surface area contributed by atoms with E-state index in [0.29, 0.717) is 21.8 Å². The van der Waals surface area contributed by atoms with Crippen molar-refractivity contribution in [3.05, 3.63) is 53.6 Å². The highest BCUT2D eigenvalue weighted by atomic mass is 32.2. The van der Waals surface area contributed by atoms with Crippen LogP contribution in [0.15, 0.2) is 41.6 Å². The van der Waals surface area contributed by atoms with E-state index in [2.05, 4.69) is 9.97 Å². The minimum Gasteiger partial charge on any atom is -0.508 e. The fourth-order valence-corrected chi connectivity index (χ4v) is 2.69. The summed E-state index contributed by atoms with van der Waals surface area (Å²) >= 11 is 1.14. The van der Waals surface area contributed by atoms with Crippen molar-refractivity contribution in [1.29, 1.82) is 0 Å². The second-order valence-electron chi connectivity index (χ2n) is 4.58. The maximum absolute atomic E-state index is 13.1. The number of aromatic nitrogens is 2. The number of Topliss-reactive ketones (excluding diaryl/α,β-unsaturated/α-hetero) is 1. The number of phenolic OH excluding ortho intramolecular Hbond substituents is 1. The first kappa shape index (κ1) is 14.5. The molecule has 0 amide bonds. The lowest BCUT2D eigenvalue weighted by Gasteiger charge is -1.99. The molecule has 7 heteroatoms. The summed E-state index contributed by atoms with van der Waals surface area (Å²) in [5.74, 6) is -1.84. The monoisotopic (exact) mass is 320 g/mol. The first-order valence-electron chi connectivity index (χ1n) is 6.33. The largest absolute Gasteiger partial charge is 0.508 e. The second-order valence-corrected chi connectivity index (χ2v) is 5.55. The van der Waals surface area contributed by atoms with Crippen molar-refractivity contribution in [2.24, 2.45) is 0 Å². The summed E-state index contributed by atoms with van der Waals surface area (Å²) in [7, 11) is 0. The lowest BCUT2D eigenvalue weighted by atomic mass is 10.1.